The molecule has 0 spiro atoms. The maximum absolute atomic E-state index is 13.2. The van der Waals surface area contributed by atoms with Gasteiger partial charge in [-0.3, -0.25) is 29.6 Å². The predicted molar refractivity (Wildman–Crippen MR) is 374 cm³/mol. The third-order valence-electron chi connectivity index (χ3n) is 19.0. The van der Waals surface area contributed by atoms with Crippen LogP contribution < -0.4 is 4.90 Å². The van der Waals surface area contributed by atoms with Gasteiger partial charge in [0.1, 0.15) is 23.6 Å². The first-order chi connectivity index (χ1) is 44.4. The number of nitrogens with zero attached hydrogens (tertiary/aromatic N) is 10. The fraction of sp³-hybridized carbons (Fsp3) is 0.400. The maximum atomic E-state index is 13.2. The van der Waals surface area contributed by atoms with Crippen molar-refractivity contribution < 1.29 is 19.0 Å². The smallest absolute Gasteiger partial charge is 0.410 e. The van der Waals surface area contributed by atoms with Crippen LogP contribution in [0.1, 0.15) is 142 Å². The Hall–Kier alpha value is -6.64. The number of hydrogen-bond acceptors (Lipinski definition) is 12. The van der Waals surface area contributed by atoms with E-state index in [0.29, 0.717) is 58.8 Å². The number of nitriles is 2. The Morgan fingerprint density at radius 1 is 0.609 bits per heavy atom. The minimum atomic E-state index is -0.441. The van der Waals surface area contributed by atoms with Crippen LogP contribution in [0.4, 0.5) is 14.9 Å². The molecule has 1 N–H and O–H groups in total. The summed E-state index contributed by atoms with van der Waals surface area (Å²) in [5.41, 5.74) is 13.4. The van der Waals surface area contributed by atoms with Crippen molar-refractivity contribution in [3.05, 3.63) is 215 Å². The molecule has 0 unspecified atom stereocenters. The number of aromatic nitrogens is 2. The van der Waals surface area contributed by atoms with Gasteiger partial charge in [0.15, 0.2) is 0 Å². The van der Waals surface area contributed by atoms with Crippen LogP contribution in [-0.2, 0) is 30.9 Å². The number of piperidine rings is 2. The number of anilines is 1. The summed E-state index contributed by atoms with van der Waals surface area (Å²) in [7, 11) is 0. The number of piperazine rings is 2. The van der Waals surface area contributed by atoms with Crippen LogP contribution in [0.25, 0.3) is 21.8 Å². The van der Waals surface area contributed by atoms with Gasteiger partial charge in [0.2, 0.25) is 0 Å². The molecule has 6 aromatic carbocycles. The van der Waals surface area contributed by atoms with Crippen LogP contribution >= 0.6 is 47.8 Å². The Bertz CT molecular complexity index is 4010. The molecule has 0 aliphatic carbocycles. The van der Waals surface area contributed by atoms with Crippen molar-refractivity contribution in [1.82, 2.24) is 34.5 Å². The number of hydrogen-bond donors (Lipinski definition) is 1. The summed E-state index contributed by atoms with van der Waals surface area (Å²) in [6, 6.07) is 52.8. The van der Waals surface area contributed by atoms with E-state index in [1.165, 1.54) is 79.4 Å². The van der Waals surface area contributed by atoms with Crippen LogP contribution in [-0.4, -0.2) is 115 Å². The number of ether oxygens (including phenoxy) is 1. The molecule has 17 heteroatoms. The second-order valence-corrected chi connectivity index (χ2v) is 29.3. The molecule has 15 rings (SSSR count). The Kier molecular flexibility index (Phi) is 21.6. The second kappa shape index (κ2) is 29.8. The number of rotatable bonds is 4. The number of likely N-dealkylation sites (tertiary alicyclic amines) is 1. The molecule has 0 bridgehead atoms. The number of aliphatic hydroxyl groups excluding tert-OH is 1. The number of amides is 1. The van der Waals surface area contributed by atoms with E-state index >= 15 is 0 Å². The van der Waals surface area contributed by atoms with Gasteiger partial charge in [-0.05, 0) is 197 Å². The molecule has 7 aliphatic heterocycles. The van der Waals surface area contributed by atoms with Crippen molar-refractivity contribution in [3.8, 4) is 12.1 Å². The highest BCUT2D eigenvalue weighted by molar-refractivity contribution is 9.11. The van der Waals surface area contributed by atoms with Gasteiger partial charge in [0.05, 0.1) is 28.2 Å². The number of benzene rings is 6. The monoisotopic (exact) mass is 1430 g/mol. The van der Waals surface area contributed by atoms with E-state index in [9.17, 15) is 14.4 Å². The third-order valence-corrected chi connectivity index (χ3v) is 20.5. The Labute approximate surface area is 567 Å². The van der Waals surface area contributed by atoms with Gasteiger partial charge in [0, 0.05) is 145 Å². The summed E-state index contributed by atoms with van der Waals surface area (Å²) < 4.78 is 22.0. The SMILES string of the molecule is CC(C)(C)OC(=O)N1CCC[C@@H](CO)C1.C[C@@H]1CCC[C@@H]2c3ccc(Br)cc3CN12.C[C@@H]1CN(Cc2ccccc2)C[C@@H]2c3ccc(Br)cc3CN12.C[C@@H]1CN(c2ccc(C#N)c3ncccc23)C[C@@H]2c3ccc(Br)cc3CN12.N#Cc1ccc(F)c2cccnc12. The highest BCUT2D eigenvalue weighted by atomic mass is 79.9. The van der Waals surface area contributed by atoms with Gasteiger partial charge in [-0.2, -0.15) is 10.5 Å². The Balaban J connectivity index is 0.000000121. The zero-order chi connectivity index (χ0) is 64.8. The summed E-state index contributed by atoms with van der Waals surface area (Å²) in [5, 5.41) is 28.6. The van der Waals surface area contributed by atoms with Gasteiger partial charge >= 0.3 is 6.09 Å². The lowest BCUT2D eigenvalue weighted by Gasteiger charge is -2.43. The van der Waals surface area contributed by atoms with Crippen molar-refractivity contribution in [2.45, 2.75) is 142 Å². The number of halogens is 4. The van der Waals surface area contributed by atoms with Crippen LogP contribution in [0.2, 0.25) is 0 Å². The van der Waals surface area contributed by atoms with Crippen molar-refractivity contribution in [1.29, 1.82) is 10.5 Å². The van der Waals surface area contributed by atoms with E-state index in [1.807, 2.05) is 39.0 Å². The first-order valence-corrected chi connectivity index (χ1v) is 34.7. The van der Waals surface area contributed by atoms with Crippen molar-refractivity contribution >= 4 is 81.4 Å². The molecule has 4 fully saturated rings. The average Bonchev–Trinajstić information content (AvgIpc) is 1.55. The molecule has 9 heterocycles. The predicted octanol–water partition coefficient (Wildman–Crippen LogP) is 16.6. The molecule has 7 aliphatic rings. The lowest BCUT2D eigenvalue weighted by Crippen LogP contribution is -2.51. The summed E-state index contributed by atoms with van der Waals surface area (Å²) in [5.74, 6) is -0.131. The highest BCUT2D eigenvalue weighted by Crippen LogP contribution is 2.45. The largest absolute Gasteiger partial charge is 0.444 e. The molecule has 92 heavy (non-hydrogen) atoms. The second-order valence-electron chi connectivity index (χ2n) is 26.5. The number of carbonyl (C=O) groups excluding carboxylic acids is 1. The minimum Gasteiger partial charge on any atom is -0.444 e. The number of aliphatic hydroxyl groups is 1. The van der Waals surface area contributed by atoms with Gasteiger partial charge in [-0.15, -0.1) is 0 Å². The lowest BCUT2D eigenvalue weighted by atomic mass is 9.94. The molecule has 478 valence electrons. The molecular formula is C75H82Br3FN10O3. The maximum Gasteiger partial charge on any atom is 0.410 e. The lowest BCUT2D eigenvalue weighted by molar-refractivity contribution is 0.0131. The van der Waals surface area contributed by atoms with Gasteiger partial charge < -0.3 is 19.6 Å². The zero-order valence-electron chi connectivity index (χ0n) is 53.5. The fourth-order valence-electron chi connectivity index (χ4n) is 14.6. The molecule has 4 saturated heterocycles. The Morgan fingerprint density at radius 2 is 1.15 bits per heavy atom. The molecule has 1 amide bonds. The summed E-state index contributed by atoms with van der Waals surface area (Å²) in [4.78, 5) is 34.8. The number of carbonyl (C=O) groups is 1. The Morgan fingerprint density at radius 3 is 1.74 bits per heavy atom. The number of fused-ring (bicyclic) bond motifs is 11. The quantitative estimate of drug-likeness (QED) is 0.179. The molecule has 8 aromatic rings. The molecular weight excluding hydrogens is 1350 g/mol. The van der Waals surface area contributed by atoms with E-state index in [4.69, 9.17) is 15.1 Å². The molecule has 13 nitrogen and oxygen atoms in total. The van der Waals surface area contributed by atoms with Crippen LogP contribution in [0.3, 0.4) is 0 Å². The normalized spacial score (nSPS) is 22.3. The van der Waals surface area contributed by atoms with Gasteiger partial charge in [-0.1, -0.05) is 103 Å². The van der Waals surface area contributed by atoms with Gasteiger partial charge in [-0.25, -0.2) is 9.18 Å². The fourth-order valence-corrected chi connectivity index (χ4v) is 15.8. The number of pyridine rings is 2. The topological polar surface area (TPSA) is 139 Å². The minimum absolute atomic E-state index is 0.152. The van der Waals surface area contributed by atoms with Crippen molar-refractivity contribution in [2.75, 3.05) is 50.8 Å². The summed E-state index contributed by atoms with van der Waals surface area (Å²) in [6.45, 7) is 22.7. The molecule has 7 atom stereocenters. The highest BCUT2D eigenvalue weighted by Gasteiger charge is 2.41. The van der Waals surface area contributed by atoms with Crippen LogP contribution in [0.5, 0.6) is 0 Å². The van der Waals surface area contributed by atoms with E-state index < -0.39 is 5.60 Å². The van der Waals surface area contributed by atoms with E-state index in [2.05, 4.69) is 206 Å². The molecule has 0 saturated carbocycles. The third kappa shape index (κ3) is 15.4. The van der Waals surface area contributed by atoms with Crippen molar-refractivity contribution in [3.63, 3.8) is 0 Å². The first-order valence-electron chi connectivity index (χ1n) is 32.3. The summed E-state index contributed by atoms with van der Waals surface area (Å²) in [6.07, 6.45) is 9.09. The average molecular weight is 1430 g/mol. The van der Waals surface area contributed by atoms with Crippen LogP contribution in [0.15, 0.2) is 159 Å². The van der Waals surface area contributed by atoms with Crippen LogP contribution in [0, 0.1) is 34.4 Å². The standard InChI is InChI=1S/C22H19BrN4.C19H21BrN2.C13H16BrN.C11H21NO3.C10H5FN2/c1-14-11-26(13-21-18-6-5-17(23)9-16(18)12-27(14)21)20-7-4-15(10-24)22-19(20)3-2-8-25-22;1-14-10-21(11-15-5-3-2-4-6-15)13-19-18-8-7-17(20)9-16(18)12-22(14)19;1-9-3-2-4-13-12-6-5-11(14)7-10(12)8-15(9)13;1-11(2,3)15-10(14)12-6-4-5-9(7-12)8-13;11-9-4-3-7(6-12)10-8(9)2-1-5-13-10/h2-9,14,21H,11-13H2,1H3;2-9,14,19H,10-13H2,1H3;5-7,9,13H,2-4,8H2,1H3;9,13H,4-8H2,1-3H3;1-5H/t14-,21-;14-,19-;9-,13-;9-;/m1111./s1. The zero-order valence-corrected chi connectivity index (χ0v) is 58.2. The van der Waals surface area contributed by atoms with E-state index in [0.717, 1.165) is 93.2 Å². The van der Waals surface area contributed by atoms with E-state index in [1.54, 1.807) is 35.0 Å². The van der Waals surface area contributed by atoms with E-state index in [-0.39, 0.29) is 24.4 Å². The van der Waals surface area contributed by atoms with Crippen molar-refractivity contribution in [2.24, 2.45) is 5.92 Å². The summed E-state index contributed by atoms with van der Waals surface area (Å²) >= 11 is 10.8. The molecule has 0 radical (unpaired) electrons. The molecule has 2 aromatic heterocycles. The van der Waals surface area contributed by atoms with Gasteiger partial charge in [0.25, 0.3) is 0 Å². The first kappa shape index (κ1) is 66.8.